The Morgan fingerprint density at radius 2 is 1.68 bits per heavy atom. The Balaban J connectivity index is 1.81. The molecule has 0 aromatic heterocycles. The van der Waals surface area contributed by atoms with Crippen molar-refractivity contribution in [2.75, 3.05) is 10.6 Å². The number of sulfonamides is 1. The van der Waals surface area contributed by atoms with Crippen molar-refractivity contribution in [2.45, 2.75) is 25.7 Å². The molecule has 31 heavy (non-hydrogen) atoms. The van der Waals surface area contributed by atoms with Gasteiger partial charge in [-0.3, -0.25) is 9.10 Å². The van der Waals surface area contributed by atoms with Gasteiger partial charge in [0.2, 0.25) is 15.9 Å². The molecule has 164 valence electrons. The fraction of sp³-hybridized carbons (Fsp3) is 0.227. The lowest BCUT2D eigenvalue weighted by atomic mass is 10.1. The van der Waals surface area contributed by atoms with Crippen molar-refractivity contribution in [1.82, 2.24) is 5.32 Å². The Morgan fingerprint density at radius 1 is 1.00 bits per heavy atom. The lowest BCUT2D eigenvalue weighted by molar-refractivity contribution is -0.137. The summed E-state index contributed by atoms with van der Waals surface area (Å²) in [7, 11) is -4.03. The number of nitrogens with zero attached hydrogens (tertiary/aromatic N) is 1. The molecule has 3 aromatic carbocycles. The average molecular weight is 450 g/mol. The third-order valence-electron chi connectivity index (χ3n) is 4.80. The highest BCUT2D eigenvalue weighted by molar-refractivity contribution is 7.92. The fourth-order valence-electron chi connectivity index (χ4n) is 3.31. The van der Waals surface area contributed by atoms with Gasteiger partial charge in [0.25, 0.3) is 0 Å². The van der Waals surface area contributed by atoms with Crippen LogP contribution in [0.1, 0.15) is 18.1 Å². The maximum absolute atomic E-state index is 13.1. The summed E-state index contributed by atoms with van der Waals surface area (Å²) in [6.45, 7) is 1.48. The van der Waals surface area contributed by atoms with Gasteiger partial charge in [-0.15, -0.1) is 0 Å². The molecule has 0 aliphatic rings. The molecule has 1 amide bonds. The normalized spacial score (nSPS) is 13.1. The van der Waals surface area contributed by atoms with Crippen LogP contribution in [-0.4, -0.2) is 26.6 Å². The second-order valence-electron chi connectivity index (χ2n) is 7.18. The number of amides is 1. The standard InChI is InChI=1S/C22H21F3N2O3S/c1-15(21(28)26-14-16-10-11-17-6-3-4-7-18(17)12-16)27(31(2,29)30)20-9-5-8-19(13-20)22(23,24)25/h3-13,15H,14H2,1-2H3,(H,26,28). The number of halogens is 3. The summed E-state index contributed by atoms with van der Waals surface area (Å²) in [6.07, 6.45) is -3.79. The largest absolute Gasteiger partial charge is 0.416 e. The van der Waals surface area contributed by atoms with Gasteiger partial charge >= 0.3 is 6.18 Å². The maximum Gasteiger partial charge on any atom is 0.416 e. The minimum absolute atomic E-state index is 0.147. The van der Waals surface area contributed by atoms with Crippen LogP contribution in [0.3, 0.4) is 0 Å². The molecule has 0 bridgehead atoms. The van der Waals surface area contributed by atoms with Crippen molar-refractivity contribution in [3.8, 4) is 0 Å². The van der Waals surface area contributed by atoms with E-state index in [0.29, 0.717) is 10.4 Å². The number of benzene rings is 3. The van der Waals surface area contributed by atoms with Crippen molar-refractivity contribution >= 4 is 32.4 Å². The van der Waals surface area contributed by atoms with Crippen LogP contribution >= 0.6 is 0 Å². The van der Waals surface area contributed by atoms with Crippen LogP contribution in [0.2, 0.25) is 0 Å². The molecule has 0 saturated heterocycles. The molecule has 0 radical (unpaired) electrons. The van der Waals surface area contributed by atoms with Gasteiger partial charge in [0, 0.05) is 6.54 Å². The fourth-order valence-corrected chi connectivity index (χ4v) is 4.48. The molecular formula is C22H21F3N2O3S. The summed E-state index contributed by atoms with van der Waals surface area (Å²) >= 11 is 0. The number of anilines is 1. The Bertz CT molecular complexity index is 1210. The molecule has 1 atom stereocenters. The van der Waals surface area contributed by atoms with Gasteiger partial charge in [-0.05, 0) is 47.5 Å². The first-order valence-corrected chi connectivity index (χ1v) is 11.2. The van der Waals surface area contributed by atoms with E-state index in [0.717, 1.165) is 34.7 Å². The molecule has 0 fully saturated rings. The molecular weight excluding hydrogens is 429 g/mol. The van der Waals surface area contributed by atoms with Gasteiger partial charge < -0.3 is 5.32 Å². The second-order valence-corrected chi connectivity index (χ2v) is 9.04. The van der Waals surface area contributed by atoms with Crippen molar-refractivity contribution < 1.29 is 26.4 Å². The first kappa shape index (κ1) is 22.6. The number of alkyl halides is 3. The van der Waals surface area contributed by atoms with E-state index in [-0.39, 0.29) is 12.2 Å². The molecule has 0 aliphatic carbocycles. The van der Waals surface area contributed by atoms with E-state index in [2.05, 4.69) is 5.32 Å². The molecule has 3 rings (SSSR count). The van der Waals surface area contributed by atoms with Crippen LogP contribution in [0.5, 0.6) is 0 Å². The van der Waals surface area contributed by atoms with Gasteiger partial charge in [0.1, 0.15) is 6.04 Å². The van der Waals surface area contributed by atoms with Crippen LogP contribution in [0.4, 0.5) is 18.9 Å². The highest BCUT2D eigenvalue weighted by Crippen LogP contribution is 2.32. The predicted octanol–water partition coefficient (Wildman–Crippen LogP) is 4.33. The number of carbonyl (C=O) groups is 1. The molecule has 0 aliphatic heterocycles. The Morgan fingerprint density at radius 3 is 2.32 bits per heavy atom. The molecule has 9 heteroatoms. The van der Waals surface area contributed by atoms with Crippen molar-refractivity contribution in [3.63, 3.8) is 0 Å². The second kappa shape index (κ2) is 8.58. The van der Waals surface area contributed by atoms with E-state index >= 15 is 0 Å². The zero-order valence-corrected chi connectivity index (χ0v) is 17.7. The van der Waals surface area contributed by atoms with E-state index in [9.17, 15) is 26.4 Å². The molecule has 1 N–H and O–H groups in total. The summed E-state index contributed by atoms with van der Waals surface area (Å²) in [5.41, 5.74) is -0.419. The van der Waals surface area contributed by atoms with Gasteiger partial charge in [-0.1, -0.05) is 42.5 Å². The zero-order valence-electron chi connectivity index (χ0n) is 16.8. The van der Waals surface area contributed by atoms with Crippen molar-refractivity contribution in [2.24, 2.45) is 0 Å². The quantitative estimate of drug-likeness (QED) is 0.608. The number of fused-ring (bicyclic) bond motifs is 1. The number of hydrogen-bond acceptors (Lipinski definition) is 3. The maximum atomic E-state index is 13.1. The summed E-state index contributed by atoms with van der Waals surface area (Å²) in [4.78, 5) is 12.7. The molecule has 3 aromatic rings. The molecule has 0 spiro atoms. The topological polar surface area (TPSA) is 66.5 Å². The van der Waals surface area contributed by atoms with Crippen LogP contribution < -0.4 is 9.62 Å². The molecule has 0 saturated carbocycles. The van der Waals surface area contributed by atoms with Crippen LogP contribution in [0, 0.1) is 0 Å². The van der Waals surface area contributed by atoms with Gasteiger partial charge in [0.05, 0.1) is 17.5 Å². The number of carbonyl (C=O) groups excluding carboxylic acids is 1. The van der Waals surface area contributed by atoms with Crippen LogP contribution in [0.25, 0.3) is 10.8 Å². The third kappa shape index (κ3) is 5.35. The monoisotopic (exact) mass is 450 g/mol. The SMILES string of the molecule is CC(C(=O)NCc1ccc2ccccc2c1)N(c1cccc(C(F)(F)F)c1)S(C)(=O)=O. The van der Waals surface area contributed by atoms with Gasteiger partial charge in [0.15, 0.2) is 0 Å². The van der Waals surface area contributed by atoms with Crippen molar-refractivity contribution in [1.29, 1.82) is 0 Å². The smallest absolute Gasteiger partial charge is 0.350 e. The van der Waals surface area contributed by atoms with E-state index in [1.165, 1.54) is 13.0 Å². The highest BCUT2D eigenvalue weighted by Gasteiger charge is 2.34. The summed E-state index contributed by atoms with van der Waals surface area (Å²) in [6, 6.07) is 16.0. The Labute approximate surface area is 178 Å². The van der Waals surface area contributed by atoms with Crippen molar-refractivity contribution in [3.05, 3.63) is 77.9 Å². The van der Waals surface area contributed by atoms with Gasteiger partial charge in [-0.25, -0.2) is 8.42 Å². The van der Waals surface area contributed by atoms with E-state index in [1.54, 1.807) is 0 Å². The summed E-state index contributed by atoms with van der Waals surface area (Å²) in [5, 5.41) is 4.69. The molecule has 0 heterocycles. The lowest BCUT2D eigenvalue weighted by Crippen LogP contribution is -2.47. The van der Waals surface area contributed by atoms with E-state index in [1.807, 2.05) is 42.5 Å². The lowest BCUT2D eigenvalue weighted by Gasteiger charge is -2.28. The first-order valence-electron chi connectivity index (χ1n) is 9.39. The minimum atomic E-state index is -4.64. The Hall–Kier alpha value is -3.07. The number of nitrogens with one attached hydrogen (secondary N) is 1. The van der Waals surface area contributed by atoms with Crippen LogP contribution in [0.15, 0.2) is 66.7 Å². The Kier molecular flexibility index (Phi) is 6.26. The van der Waals surface area contributed by atoms with E-state index in [4.69, 9.17) is 0 Å². The molecule has 5 nitrogen and oxygen atoms in total. The minimum Gasteiger partial charge on any atom is -0.350 e. The van der Waals surface area contributed by atoms with Gasteiger partial charge in [-0.2, -0.15) is 13.2 Å². The molecule has 1 unspecified atom stereocenters. The zero-order chi connectivity index (χ0) is 22.8. The highest BCUT2D eigenvalue weighted by atomic mass is 32.2. The summed E-state index contributed by atoms with van der Waals surface area (Å²) < 4.78 is 64.5. The third-order valence-corrected chi connectivity index (χ3v) is 6.04. The number of hydrogen-bond donors (Lipinski definition) is 1. The predicted molar refractivity (Wildman–Crippen MR) is 114 cm³/mol. The average Bonchev–Trinajstić information content (AvgIpc) is 2.70. The van der Waals surface area contributed by atoms with E-state index < -0.39 is 33.7 Å². The number of rotatable bonds is 6. The first-order chi connectivity index (χ1) is 14.5. The van der Waals surface area contributed by atoms with Crippen LogP contribution in [-0.2, 0) is 27.5 Å². The summed E-state index contributed by atoms with van der Waals surface area (Å²) in [5.74, 6) is -0.629.